The normalized spacial score (nSPS) is 11.9. The van der Waals surface area contributed by atoms with Crippen molar-refractivity contribution in [3.63, 3.8) is 0 Å². The molecule has 0 spiro atoms. The van der Waals surface area contributed by atoms with Gasteiger partial charge in [0.1, 0.15) is 5.75 Å². The lowest BCUT2D eigenvalue weighted by Crippen LogP contribution is -2.34. The molecule has 0 aliphatic heterocycles. The first-order valence-corrected chi connectivity index (χ1v) is 5.96. The van der Waals surface area contributed by atoms with Gasteiger partial charge in [0.05, 0.1) is 12.6 Å². The van der Waals surface area contributed by atoms with Crippen LogP contribution in [0.5, 0.6) is 5.75 Å². The lowest BCUT2D eigenvalue weighted by atomic mass is 10.2. The Morgan fingerprint density at radius 2 is 2.00 bits per heavy atom. The molecule has 0 fully saturated rings. The third-order valence-electron chi connectivity index (χ3n) is 2.37. The predicted molar refractivity (Wildman–Crippen MR) is 69.1 cm³/mol. The first kappa shape index (κ1) is 13.5. The van der Waals surface area contributed by atoms with E-state index in [1.165, 1.54) is 0 Å². The largest absolute Gasteiger partial charge is 0.494 e. The Hall–Kier alpha value is -1.55. The fourth-order valence-corrected chi connectivity index (χ4v) is 1.27. The highest BCUT2D eigenvalue weighted by Gasteiger charge is 2.10. The van der Waals surface area contributed by atoms with Crippen molar-refractivity contribution in [3.8, 4) is 5.75 Å². The summed E-state index contributed by atoms with van der Waals surface area (Å²) in [5, 5.41) is 2.76. The third-order valence-corrected chi connectivity index (χ3v) is 2.37. The van der Waals surface area contributed by atoms with Crippen molar-refractivity contribution in [2.24, 2.45) is 5.73 Å². The lowest BCUT2D eigenvalue weighted by Gasteiger charge is -2.10. The smallest absolute Gasteiger partial charge is 0.241 e. The number of nitrogens with one attached hydrogen (secondary N) is 1. The van der Waals surface area contributed by atoms with Gasteiger partial charge in [-0.25, -0.2) is 0 Å². The number of amides is 1. The van der Waals surface area contributed by atoms with Crippen LogP contribution in [0, 0.1) is 0 Å². The van der Waals surface area contributed by atoms with Gasteiger partial charge in [-0.2, -0.15) is 0 Å². The van der Waals surface area contributed by atoms with Crippen LogP contribution in [0.3, 0.4) is 0 Å². The van der Waals surface area contributed by atoms with Crippen molar-refractivity contribution in [2.45, 2.75) is 32.7 Å². The summed E-state index contributed by atoms with van der Waals surface area (Å²) in [6.07, 6.45) is 1.60. The minimum absolute atomic E-state index is 0.158. The number of ether oxygens (including phenoxy) is 1. The van der Waals surface area contributed by atoms with E-state index < -0.39 is 6.04 Å². The summed E-state index contributed by atoms with van der Waals surface area (Å²) in [7, 11) is 0. The average molecular weight is 236 g/mol. The molecular weight excluding hydrogens is 216 g/mol. The quantitative estimate of drug-likeness (QED) is 0.795. The monoisotopic (exact) mass is 236 g/mol. The van der Waals surface area contributed by atoms with Crippen LogP contribution in [0.2, 0.25) is 0 Å². The van der Waals surface area contributed by atoms with E-state index in [0.29, 0.717) is 13.0 Å². The van der Waals surface area contributed by atoms with E-state index in [9.17, 15) is 4.79 Å². The highest BCUT2D eigenvalue weighted by molar-refractivity contribution is 5.94. The van der Waals surface area contributed by atoms with Gasteiger partial charge in [0.15, 0.2) is 0 Å². The van der Waals surface area contributed by atoms with Crippen molar-refractivity contribution in [1.82, 2.24) is 0 Å². The maximum atomic E-state index is 11.5. The zero-order valence-corrected chi connectivity index (χ0v) is 10.4. The summed E-state index contributed by atoms with van der Waals surface area (Å²) >= 11 is 0. The van der Waals surface area contributed by atoms with Crippen molar-refractivity contribution < 1.29 is 9.53 Å². The molecular formula is C13H20N2O2. The molecule has 0 aliphatic rings. The predicted octanol–water partition coefficient (Wildman–Crippen LogP) is 2.15. The van der Waals surface area contributed by atoms with E-state index in [2.05, 4.69) is 12.2 Å². The molecule has 0 bridgehead atoms. The second-order valence-electron chi connectivity index (χ2n) is 3.88. The van der Waals surface area contributed by atoms with Crippen molar-refractivity contribution in [3.05, 3.63) is 24.3 Å². The molecule has 0 heterocycles. The van der Waals surface area contributed by atoms with Gasteiger partial charge in [-0.05, 0) is 37.1 Å². The summed E-state index contributed by atoms with van der Waals surface area (Å²) in [6.45, 7) is 4.64. The molecule has 1 aromatic carbocycles. The number of nitrogens with two attached hydrogens (primary N) is 1. The fraction of sp³-hybridized carbons (Fsp3) is 0.462. The molecule has 4 nitrogen and oxygen atoms in total. The number of anilines is 1. The highest BCUT2D eigenvalue weighted by Crippen LogP contribution is 2.16. The Morgan fingerprint density at radius 1 is 1.35 bits per heavy atom. The first-order chi connectivity index (χ1) is 8.17. The summed E-state index contributed by atoms with van der Waals surface area (Å²) in [4.78, 5) is 11.5. The second-order valence-corrected chi connectivity index (χ2v) is 3.88. The number of hydrogen-bond acceptors (Lipinski definition) is 3. The molecule has 0 saturated heterocycles. The van der Waals surface area contributed by atoms with Gasteiger partial charge in [-0.3, -0.25) is 4.79 Å². The molecule has 1 rings (SSSR count). The summed E-state index contributed by atoms with van der Waals surface area (Å²) in [6, 6.07) is 6.84. The fourth-order valence-electron chi connectivity index (χ4n) is 1.27. The van der Waals surface area contributed by atoms with Crippen LogP contribution < -0.4 is 15.8 Å². The van der Waals surface area contributed by atoms with E-state index >= 15 is 0 Å². The van der Waals surface area contributed by atoms with Gasteiger partial charge in [0, 0.05) is 5.69 Å². The molecule has 1 unspecified atom stereocenters. The van der Waals surface area contributed by atoms with Crippen molar-refractivity contribution in [1.29, 1.82) is 0 Å². The summed E-state index contributed by atoms with van der Waals surface area (Å²) in [5.74, 6) is 0.652. The van der Waals surface area contributed by atoms with Gasteiger partial charge in [-0.15, -0.1) is 0 Å². The Balaban J connectivity index is 2.53. The molecule has 1 amide bonds. The number of carbonyl (C=O) groups excluding carboxylic acids is 1. The number of rotatable bonds is 6. The standard InChI is InChI=1S/C13H20N2O2/c1-3-9-17-11-7-5-10(6-8-11)15-13(16)12(14)4-2/h5-8,12H,3-4,9,14H2,1-2H3,(H,15,16). The van der Waals surface area contributed by atoms with Gasteiger partial charge < -0.3 is 15.8 Å². The van der Waals surface area contributed by atoms with Gasteiger partial charge in [0.2, 0.25) is 5.91 Å². The lowest BCUT2D eigenvalue weighted by molar-refractivity contribution is -0.117. The summed E-state index contributed by atoms with van der Waals surface area (Å²) in [5.41, 5.74) is 6.36. The number of hydrogen-bond donors (Lipinski definition) is 2. The molecule has 3 N–H and O–H groups in total. The molecule has 17 heavy (non-hydrogen) atoms. The van der Waals surface area contributed by atoms with Crippen molar-refractivity contribution >= 4 is 11.6 Å². The molecule has 1 aromatic rings. The molecule has 1 atom stereocenters. The van der Waals surface area contributed by atoms with Crippen LogP contribution in [0.4, 0.5) is 5.69 Å². The SMILES string of the molecule is CCCOc1ccc(NC(=O)C(N)CC)cc1. The first-order valence-electron chi connectivity index (χ1n) is 5.96. The van der Waals surface area contributed by atoms with Gasteiger partial charge >= 0.3 is 0 Å². The van der Waals surface area contributed by atoms with Crippen LogP contribution >= 0.6 is 0 Å². The minimum atomic E-state index is -0.453. The van der Waals surface area contributed by atoms with E-state index in [1.807, 2.05) is 31.2 Å². The second kappa shape index (κ2) is 6.91. The van der Waals surface area contributed by atoms with Crippen LogP contribution in [-0.4, -0.2) is 18.6 Å². The number of benzene rings is 1. The molecule has 0 aliphatic carbocycles. The maximum Gasteiger partial charge on any atom is 0.241 e. The van der Waals surface area contributed by atoms with Crippen LogP contribution in [0.25, 0.3) is 0 Å². The van der Waals surface area contributed by atoms with E-state index in [1.54, 1.807) is 0 Å². The van der Waals surface area contributed by atoms with Crippen LogP contribution in [0.1, 0.15) is 26.7 Å². The average Bonchev–Trinajstić information content (AvgIpc) is 2.37. The van der Waals surface area contributed by atoms with Crippen molar-refractivity contribution in [2.75, 3.05) is 11.9 Å². The molecule has 0 aromatic heterocycles. The Morgan fingerprint density at radius 3 is 2.53 bits per heavy atom. The molecule has 94 valence electrons. The molecule has 4 heteroatoms. The minimum Gasteiger partial charge on any atom is -0.494 e. The zero-order valence-electron chi connectivity index (χ0n) is 10.4. The molecule has 0 saturated carbocycles. The van der Waals surface area contributed by atoms with E-state index in [-0.39, 0.29) is 5.91 Å². The zero-order chi connectivity index (χ0) is 12.7. The Labute approximate surface area is 102 Å². The maximum absolute atomic E-state index is 11.5. The molecule has 0 radical (unpaired) electrons. The number of carbonyl (C=O) groups is 1. The van der Waals surface area contributed by atoms with E-state index in [4.69, 9.17) is 10.5 Å². The topological polar surface area (TPSA) is 64.3 Å². The van der Waals surface area contributed by atoms with E-state index in [0.717, 1.165) is 17.9 Å². The van der Waals surface area contributed by atoms with Crippen LogP contribution in [0.15, 0.2) is 24.3 Å². The van der Waals surface area contributed by atoms with Gasteiger partial charge in [-0.1, -0.05) is 13.8 Å². The highest BCUT2D eigenvalue weighted by atomic mass is 16.5. The Kier molecular flexibility index (Phi) is 5.49. The summed E-state index contributed by atoms with van der Waals surface area (Å²) < 4.78 is 5.45. The Bertz CT molecular complexity index is 349. The third kappa shape index (κ3) is 4.44. The van der Waals surface area contributed by atoms with Gasteiger partial charge in [0.25, 0.3) is 0 Å². The van der Waals surface area contributed by atoms with Crippen LogP contribution in [-0.2, 0) is 4.79 Å².